The largest absolute Gasteiger partial charge is 0.496 e. The molecule has 2 amide bonds. The van der Waals surface area contributed by atoms with Crippen LogP contribution in [-0.2, 0) is 20.9 Å². The van der Waals surface area contributed by atoms with Crippen LogP contribution in [0.2, 0.25) is 0 Å². The molecule has 1 aliphatic carbocycles. The zero-order valence-corrected chi connectivity index (χ0v) is 22.6. The molecule has 1 aliphatic rings. The van der Waals surface area contributed by atoms with Crippen LogP contribution in [-0.4, -0.2) is 62.0 Å². The van der Waals surface area contributed by atoms with Crippen LogP contribution in [0.1, 0.15) is 35.4 Å². The molecule has 0 bridgehead atoms. The summed E-state index contributed by atoms with van der Waals surface area (Å²) in [5, 5.41) is 10.1. The third-order valence-corrected chi connectivity index (χ3v) is 7.04. The molecule has 0 aliphatic heterocycles. The molecule has 0 heterocycles. The molecule has 3 aromatic carbocycles. The Bertz CT molecular complexity index is 1340. The van der Waals surface area contributed by atoms with E-state index in [0.717, 1.165) is 27.2 Å². The van der Waals surface area contributed by atoms with Crippen molar-refractivity contribution >= 4 is 18.0 Å². The summed E-state index contributed by atoms with van der Waals surface area (Å²) >= 11 is 0. The number of nitrogens with zero attached hydrogens (tertiary/aromatic N) is 1. The number of carbonyl (C=O) groups is 3. The lowest BCUT2D eigenvalue weighted by atomic mass is 9.98. The molecule has 4 rings (SSSR count). The van der Waals surface area contributed by atoms with Crippen LogP contribution < -0.4 is 19.9 Å². The van der Waals surface area contributed by atoms with Gasteiger partial charge in [0.1, 0.15) is 29.9 Å². The number of rotatable bonds is 12. The van der Waals surface area contributed by atoms with Gasteiger partial charge in [0.05, 0.1) is 33.4 Å². The number of amides is 2. The highest BCUT2D eigenvalue weighted by Gasteiger charge is 2.35. The zero-order chi connectivity index (χ0) is 28.8. The van der Waals surface area contributed by atoms with Crippen molar-refractivity contribution in [2.24, 2.45) is 5.73 Å². The van der Waals surface area contributed by atoms with Gasteiger partial charge in [-0.2, -0.15) is 0 Å². The van der Waals surface area contributed by atoms with Crippen LogP contribution in [0.25, 0.3) is 11.1 Å². The van der Waals surface area contributed by atoms with E-state index in [4.69, 9.17) is 24.7 Å². The number of aliphatic carboxylic acids is 1. The maximum absolute atomic E-state index is 13.7. The van der Waals surface area contributed by atoms with Crippen LogP contribution in [0.3, 0.4) is 0 Å². The Morgan fingerprint density at radius 1 is 0.900 bits per heavy atom. The average Bonchev–Trinajstić information content (AvgIpc) is 3.28. The van der Waals surface area contributed by atoms with E-state index in [9.17, 15) is 19.5 Å². The number of primary amides is 1. The summed E-state index contributed by atoms with van der Waals surface area (Å²) in [5.41, 5.74) is 9.88. The second-order valence-corrected chi connectivity index (χ2v) is 9.30. The molecule has 0 saturated carbocycles. The summed E-state index contributed by atoms with van der Waals surface area (Å²) in [6.07, 6.45) is -1.30. The minimum Gasteiger partial charge on any atom is -0.496 e. The van der Waals surface area contributed by atoms with E-state index >= 15 is 0 Å². The number of hydrogen-bond donors (Lipinski definition) is 2. The molecule has 40 heavy (non-hydrogen) atoms. The summed E-state index contributed by atoms with van der Waals surface area (Å²) < 4.78 is 22.1. The summed E-state index contributed by atoms with van der Waals surface area (Å²) in [6.45, 7) is -0.245. The molecule has 0 saturated heterocycles. The molecule has 210 valence electrons. The van der Waals surface area contributed by atoms with Gasteiger partial charge in [-0.3, -0.25) is 9.69 Å². The van der Waals surface area contributed by atoms with Gasteiger partial charge in [-0.15, -0.1) is 0 Å². The molecule has 3 N–H and O–H groups in total. The Kier molecular flexibility index (Phi) is 8.78. The Morgan fingerprint density at radius 3 is 1.93 bits per heavy atom. The van der Waals surface area contributed by atoms with Crippen LogP contribution >= 0.6 is 0 Å². The van der Waals surface area contributed by atoms with Gasteiger partial charge < -0.3 is 29.8 Å². The molecule has 1 atom stereocenters. The molecular formula is C30H32N2O8. The topological polar surface area (TPSA) is 138 Å². The number of carboxylic acids is 1. The Balaban J connectivity index is 1.67. The first kappa shape index (κ1) is 28.3. The fraction of sp³-hybridized carbons (Fsp3) is 0.300. The van der Waals surface area contributed by atoms with Gasteiger partial charge in [0.15, 0.2) is 0 Å². The molecule has 0 unspecified atom stereocenters. The van der Waals surface area contributed by atoms with Crippen molar-refractivity contribution in [1.82, 2.24) is 4.90 Å². The second-order valence-electron chi connectivity index (χ2n) is 9.30. The van der Waals surface area contributed by atoms with E-state index in [1.165, 1.54) is 21.3 Å². The van der Waals surface area contributed by atoms with Gasteiger partial charge in [-0.05, 0) is 28.7 Å². The number of carboxylic acid groups (broad SMARTS) is 1. The molecule has 3 aromatic rings. The van der Waals surface area contributed by atoms with E-state index in [1.807, 2.05) is 48.5 Å². The van der Waals surface area contributed by atoms with E-state index in [0.29, 0.717) is 22.8 Å². The normalized spacial score (nSPS) is 12.6. The zero-order valence-electron chi connectivity index (χ0n) is 22.6. The molecular weight excluding hydrogens is 516 g/mol. The van der Waals surface area contributed by atoms with E-state index in [1.54, 1.807) is 12.1 Å². The fourth-order valence-electron chi connectivity index (χ4n) is 5.07. The predicted molar refractivity (Wildman–Crippen MR) is 147 cm³/mol. The third-order valence-electron chi connectivity index (χ3n) is 7.04. The number of hydrogen-bond acceptors (Lipinski definition) is 7. The quantitative estimate of drug-likeness (QED) is 0.344. The van der Waals surface area contributed by atoms with Crippen LogP contribution in [0.15, 0.2) is 60.7 Å². The number of benzene rings is 3. The van der Waals surface area contributed by atoms with Gasteiger partial charge >= 0.3 is 12.1 Å². The van der Waals surface area contributed by atoms with Gasteiger partial charge in [0, 0.05) is 24.5 Å². The standard InChI is InChI=1S/C30H32N2O8/c1-37-18-14-26(38-2)23(27(15-18)39-3)16-32(25(29(34)35)12-13-28(31)33)30(36)40-17-24-21-10-6-4-8-19(21)20-9-5-7-11-22(20)24/h4-11,14-15,24-25H,12-13,16-17H2,1-3H3,(H2,31,33)(H,34,35)/t25-/m0/s1. The van der Waals surface area contributed by atoms with Crippen molar-refractivity contribution in [2.75, 3.05) is 27.9 Å². The fourth-order valence-corrected chi connectivity index (χ4v) is 5.07. The Hall–Kier alpha value is -4.73. The number of nitrogens with two attached hydrogens (primary N) is 1. The van der Waals surface area contributed by atoms with Crippen molar-refractivity contribution in [3.8, 4) is 28.4 Å². The molecule has 0 aromatic heterocycles. The first-order valence-electron chi connectivity index (χ1n) is 12.7. The van der Waals surface area contributed by atoms with Gasteiger partial charge in [0.25, 0.3) is 0 Å². The van der Waals surface area contributed by atoms with Crippen LogP contribution in [0.4, 0.5) is 4.79 Å². The minimum atomic E-state index is -1.40. The summed E-state index contributed by atoms with van der Waals surface area (Å²) in [7, 11) is 4.37. The van der Waals surface area contributed by atoms with Crippen LogP contribution in [0, 0.1) is 0 Å². The highest BCUT2D eigenvalue weighted by atomic mass is 16.6. The Labute approximate surface area is 232 Å². The van der Waals surface area contributed by atoms with E-state index < -0.39 is 24.0 Å². The summed E-state index contributed by atoms with van der Waals surface area (Å²) in [4.78, 5) is 38.6. The summed E-state index contributed by atoms with van der Waals surface area (Å²) in [6, 6.07) is 17.6. The number of carbonyl (C=O) groups excluding carboxylic acids is 2. The smallest absolute Gasteiger partial charge is 0.410 e. The van der Waals surface area contributed by atoms with E-state index in [2.05, 4.69) is 0 Å². The monoisotopic (exact) mass is 548 g/mol. The highest BCUT2D eigenvalue weighted by molar-refractivity contribution is 5.82. The van der Waals surface area contributed by atoms with Gasteiger partial charge in [-0.1, -0.05) is 48.5 Å². The SMILES string of the molecule is COc1cc(OC)c(CN(C(=O)OCC2c3ccccc3-c3ccccc32)[C@@H](CCC(N)=O)C(=O)O)c(OC)c1. The lowest BCUT2D eigenvalue weighted by Gasteiger charge is -2.30. The van der Waals surface area contributed by atoms with Crippen molar-refractivity contribution in [3.63, 3.8) is 0 Å². The lowest BCUT2D eigenvalue weighted by molar-refractivity contribution is -0.143. The molecule has 0 spiro atoms. The van der Waals surface area contributed by atoms with Crippen LogP contribution in [0.5, 0.6) is 17.2 Å². The van der Waals surface area contributed by atoms with Gasteiger partial charge in [0.2, 0.25) is 5.91 Å². The van der Waals surface area contributed by atoms with Crippen molar-refractivity contribution in [3.05, 3.63) is 77.4 Å². The van der Waals surface area contributed by atoms with Gasteiger partial charge in [-0.25, -0.2) is 9.59 Å². The average molecular weight is 549 g/mol. The first-order chi connectivity index (χ1) is 19.3. The van der Waals surface area contributed by atoms with Crippen molar-refractivity contribution in [1.29, 1.82) is 0 Å². The molecule has 0 fully saturated rings. The first-order valence-corrected chi connectivity index (χ1v) is 12.7. The maximum atomic E-state index is 13.7. The van der Waals surface area contributed by atoms with Crippen molar-refractivity contribution < 1.29 is 38.4 Å². The Morgan fingerprint density at radius 2 is 1.45 bits per heavy atom. The third kappa shape index (κ3) is 5.80. The summed E-state index contributed by atoms with van der Waals surface area (Å²) in [5.74, 6) is -1.11. The molecule has 10 nitrogen and oxygen atoms in total. The number of methoxy groups -OCH3 is 3. The number of ether oxygens (including phenoxy) is 4. The number of fused-ring (bicyclic) bond motifs is 3. The molecule has 10 heteroatoms. The van der Waals surface area contributed by atoms with E-state index in [-0.39, 0.29) is 31.9 Å². The minimum absolute atomic E-state index is 0.0115. The molecule has 0 radical (unpaired) electrons. The second kappa shape index (κ2) is 12.4. The maximum Gasteiger partial charge on any atom is 0.410 e. The predicted octanol–water partition coefficient (Wildman–Crippen LogP) is 4.18. The lowest BCUT2D eigenvalue weighted by Crippen LogP contribution is -2.45. The van der Waals surface area contributed by atoms with Crippen molar-refractivity contribution in [2.45, 2.75) is 31.3 Å². The highest BCUT2D eigenvalue weighted by Crippen LogP contribution is 2.44.